The van der Waals surface area contributed by atoms with Crippen LogP contribution >= 0.6 is 11.8 Å². The van der Waals surface area contributed by atoms with Crippen molar-refractivity contribution in [3.8, 4) is 0 Å². The molecular weight excluding hydrogens is 590 g/mol. The van der Waals surface area contributed by atoms with E-state index in [1.807, 2.05) is 75.4 Å². The molecule has 0 saturated heterocycles. The molecule has 3 aromatic rings. The third kappa shape index (κ3) is 11.8. The maximum absolute atomic E-state index is 14.0. The molecule has 9 heteroatoms. The smallest absolute Gasteiger partial charge is 0.328 e. The zero-order valence-corrected chi connectivity index (χ0v) is 27.7. The first-order valence-electron chi connectivity index (χ1n) is 15.8. The van der Waals surface area contributed by atoms with E-state index >= 15 is 0 Å². The van der Waals surface area contributed by atoms with Gasteiger partial charge < -0.3 is 24.3 Å². The first-order valence-corrected chi connectivity index (χ1v) is 16.9. The van der Waals surface area contributed by atoms with Gasteiger partial charge in [-0.15, -0.1) is 0 Å². The number of esters is 2. The van der Waals surface area contributed by atoms with Crippen molar-refractivity contribution in [3.05, 3.63) is 83.9 Å². The number of ether oxygens (including phenoxy) is 4. The van der Waals surface area contributed by atoms with Crippen molar-refractivity contribution >= 4 is 40.4 Å². The fourth-order valence-corrected chi connectivity index (χ4v) is 6.32. The molecule has 8 nitrogen and oxygen atoms in total. The number of fused-ring (bicyclic) bond motifs is 1. The van der Waals surface area contributed by atoms with Crippen LogP contribution in [-0.4, -0.2) is 61.0 Å². The van der Waals surface area contributed by atoms with Crippen LogP contribution in [0, 0.1) is 5.92 Å². The summed E-state index contributed by atoms with van der Waals surface area (Å²) in [6.45, 7) is 7.94. The Morgan fingerprint density at radius 1 is 0.867 bits per heavy atom. The molecule has 1 amide bonds. The quantitative estimate of drug-likeness (QED) is 0.111. The number of hydrogen-bond donors (Lipinski definition) is 1. The Labute approximate surface area is 271 Å². The van der Waals surface area contributed by atoms with Crippen LogP contribution in [0.25, 0.3) is 10.8 Å². The molecule has 244 valence electrons. The second-order valence-corrected chi connectivity index (χ2v) is 11.9. The van der Waals surface area contributed by atoms with Crippen molar-refractivity contribution in [1.29, 1.82) is 0 Å². The number of hydrogen-bond acceptors (Lipinski definition) is 8. The van der Waals surface area contributed by atoms with Crippen LogP contribution in [0.15, 0.2) is 72.8 Å². The summed E-state index contributed by atoms with van der Waals surface area (Å²) < 4.78 is 22.9. The molecule has 0 fully saturated rings. The van der Waals surface area contributed by atoms with E-state index in [9.17, 15) is 14.4 Å². The van der Waals surface area contributed by atoms with E-state index < -0.39 is 29.7 Å². The predicted molar refractivity (Wildman–Crippen MR) is 179 cm³/mol. The summed E-state index contributed by atoms with van der Waals surface area (Å²) in [4.78, 5) is 38.8. The van der Waals surface area contributed by atoms with Crippen LogP contribution in [0.5, 0.6) is 0 Å². The van der Waals surface area contributed by atoms with Crippen molar-refractivity contribution in [2.75, 3.05) is 31.3 Å². The summed E-state index contributed by atoms with van der Waals surface area (Å²) in [5.41, 5.74) is 1.93. The summed E-state index contributed by atoms with van der Waals surface area (Å²) in [6.07, 6.45) is 2.62. The Hall–Kier alpha value is -3.40. The van der Waals surface area contributed by atoms with Gasteiger partial charge in [0.25, 0.3) is 0 Å². The van der Waals surface area contributed by atoms with Gasteiger partial charge in [-0.2, -0.15) is 11.8 Å². The highest BCUT2D eigenvalue weighted by Gasteiger charge is 2.35. The van der Waals surface area contributed by atoms with Gasteiger partial charge in [0.15, 0.2) is 0 Å². The predicted octanol–water partition coefficient (Wildman–Crippen LogP) is 6.48. The van der Waals surface area contributed by atoms with E-state index in [0.717, 1.165) is 34.7 Å². The van der Waals surface area contributed by atoms with Crippen molar-refractivity contribution in [2.45, 2.75) is 71.8 Å². The highest BCUT2D eigenvalue weighted by Crippen LogP contribution is 2.27. The monoisotopic (exact) mass is 637 g/mol. The molecule has 0 saturated carbocycles. The largest absolute Gasteiger partial charge is 0.460 e. The molecule has 1 N–H and O–H groups in total. The van der Waals surface area contributed by atoms with E-state index in [1.165, 1.54) is 18.7 Å². The summed E-state index contributed by atoms with van der Waals surface area (Å²) in [5.74, 6) is -1.91. The number of nitrogens with one attached hydrogen (secondary N) is 1. The zero-order valence-electron chi connectivity index (χ0n) is 26.9. The Balaban J connectivity index is 1.81. The molecule has 0 unspecified atom stereocenters. The standard InChI is InChI=1S/C36H47NO7S/c1-5-8-21-33(35(40)41-23-28-15-10-9-11-16-28)37-34(39)31(22-30-19-14-18-29-17-12-13-20-32(29)30)24-45-26-36(43-6-2,44-7-3)25-42-27(4)38/h9-20,31,33H,5-8,21-26H2,1-4H3,(H,37,39)/t31-,33+/m1/s1. The topological polar surface area (TPSA) is 100 Å². The molecule has 0 bridgehead atoms. The van der Waals surface area contributed by atoms with Gasteiger partial charge >= 0.3 is 11.9 Å². The van der Waals surface area contributed by atoms with E-state index in [0.29, 0.717) is 37.6 Å². The van der Waals surface area contributed by atoms with Gasteiger partial charge in [-0.05, 0) is 48.6 Å². The van der Waals surface area contributed by atoms with Crippen LogP contribution < -0.4 is 5.32 Å². The van der Waals surface area contributed by atoms with Crippen molar-refractivity contribution in [2.24, 2.45) is 5.92 Å². The number of unbranched alkanes of at least 4 members (excludes halogenated alkanes) is 1. The summed E-state index contributed by atoms with van der Waals surface area (Å²) in [6, 6.07) is 22.9. The fraction of sp³-hybridized carbons (Fsp3) is 0.472. The Morgan fingerprint density at radius 3 is 2.24 bits per heavy atom. The molecule has 0 heterocycles. The van der Waals surface area contributed by atoms with E-state index in [1.54, 1.807) is 0 Å². The minimum atomic E-state index is -1.13. The number of benzene rings is 3. The molecule has 0 aromatic heterocycles. The second-order valence-electron chi connectivity index (χ2n) is 10.9. The van der Waals surface area contributed by atoms with Gasteiger partial charge in [-0.1, -0.05) is 92.6 Å². The summed E-state index contributed by atoms with van der Waals surface area (Å²) in [5, 5.41) is 5.22. The van der Waals surface area contributed by atoms with E-state index in [4.69, 9.17) is 18.9 Å². The summed E-state index contributed by atoms with van der Waals surface area (Å²) in [7, 11) is 0. The maximum Gasteiger partial charge on any atom is 0.328 e. The van der Waals surface area contributed by atoms with Crippen LogP contribution in [0.2, 0.25) is 0 Å². The molecule has 3 rings (SSSR count). The number of rotatable bonds is 20. The molecule has 0 spiro atoms. The number of thioether (sulfide) groups is 1. The molecule has 3 aromatic carbocycles. The third-order valence-electron chi connectivity index (χ3n) is 7.34. The molecule has 45 heavy (non-hydrogen) atoms. The highest BCUT2D eigenvalue weighted by molar-refractivity contribution is 7.99. The lowest BCUT2D eigenvalue weighted by molar-refractivity contribution is -0.240. The normalized spacial score (nSPS) is 12.8. The SMILES string of the molecule is CCCC[C@H](NC(=O)[C@@H](CSCC(COC(C)=O)(OCC)OCC)Cc1cccc2ccccc12)C(=O)OCc1ccccc1. The molecule has 2 atom stereocenters. The van der Waals surface area contributed by atoms with E-state index in [2.05, 4.69) is 23.5 Å². The molecule has 0 aliphatic rings. The van der Waals surface area contributed by atoms with E-state index in [-0.39, 0.29) is 19.1 Å². The van der Waals surface area contributed by atoms with Gasteiger partial charge in [0.2, 0.25) is 11.7 Å². The second kappa shape index (κ2) is 19.2. The average Bonchev–Trinajstić information content (AvgIpc) is 3.04. The van der Waals surface area contributed by atoms with Crippen LogP contribution in [0.4, 0.5) is 0 Å². The molecule has 0 aliphatic heterocycles. The first kappa shape index (κ1) is 36.1. The molecule has 0 radical (unpaired) electrons. The number of amides is 1. The lowest BCUT2D eigenvalue weighted by Crippen LogP contribution is -2.46. The fourth-order valence-electron chi connectivity index (χ4n) is 5.08. The Kier molecular flexibility index (Phi) is 15.4. The lowest BCUT2D eigenvalue weighted by Gasteiger charge is -2.32. The third-order valence-corrected chi connectivity index (χ3v) is 8.62. The Bertz CT molecular complexity index is 1340. The van der Waals surface area contributed by atoms with Gasteiger partial charge in [0.1, 0.15) is 19.3 Å². The van der Waals surface area contributed by atoms with Gasteiger partial charge in [-0.25, -0.2) is 4.79 Å². The summed E-state index contributed by atoms with van der Waals surface area (Å²) >= 11 is 1.50. The van der Waals surface area contributed by atoms with Gasteiger partial charge in [0.05, 0.1) is 11.7 Å². The van der Waals surface area contributed by atoms with Gasteiger partial charge in [0, 0.05) is 25.9 Å². The minimum Gasteiger partial charge on any atom is -0.460 e. The first-order chi connectivity index (χ1) is 21.8. The van der Waals surface area contributed by atoms with Crippen LogP contribution in [0.1, 0.15) is 58.1 Å². The van der Waals surface area contributed by atoms with Crippen LogP contribution in [-0.2, 0) is 46.4 Å². The van der Waals surface area contributed by atoms with Crippen LogP contribution in [0.3, 0.4) is 0 Å². The maximum atomic E-state index is 14.0. The average molecular weight is 638 g/mol. The molecular formula is C36H47NO7S. The van der Waals surface area contributed by atoms with Crippen molar-refractivity contribution in [1.82, 2.24) is 5.32 Å². The lowest BCUT2D eigenvalue weighted by atomic mass is 9.95. The molecule has 0 aliphatic carbocycles. The van der Waals surface area contributed by atoms with Crippen molar-refractivity contribution in [3.63, 3.8) is 0 Å². The zero-order chi connectivity index (χ0) is 32.5. The minimum absolute atomic E-state index is 0.0520. The van der Waals surface area contributed by atoms with Crippen molar-refractivity contribution < 1.29 is 33.3 Å². The number of carbonyl (C=O) groups is 3. The highest BCUT2D eigenvalue weighted by atomic mass is 32.2. The van der Waals surface area contributed by atoms with Gasteiger partial charge in [-0.3, -0.25) is 9.59 Å². The number of carbonyl (C=O) groups excluding carboxylic acids is 3. The Morgan fingerprint density at radius 2 is 1.56 bits per heavy atom.